The van der Waals surface area contributed by atoms with Crippen LogP contribution in [0.25, 0.3) is 44.4 Å². The Labute approximate surface area is 834 Å². The normalized spacial score (nSPS) is 30.6. The van der Waals surface area contributed by atoms with Crippen LogP contribution >= 0.6 is 0 Å². The average molecular weight is 1980 g/mol. The van der Waals surface area contributed by atoms with Crippen LogP contribution in [0.1, 0.15) is 243 Å². The van der Waals surface area contributed by atoms with Gasteiger partial charge in [0.1, 0.15) is 86.9 Å². The fraction of sp³-hybridized carbons (Fsp3) is 0.544. The van der Waals surface area contributed by atoms with Gasteiger partial charge in [0.15, 0.2) is 22.3 Å². The zero-order chi connectivity index (χ0) is 99.7. The SMILES string of the molecule is CC(C)(C)OC(=O)NC/C(=C\F)COc1ccc2nc(C34CC5CC(CC(C5)C3)C4)oc2c1.COc1ccc(N)c(O)c1.COc1ccc(NC(=O)C23CC4CC(CC(C4)C2)C3)c(O)c1.COc1ccc2nc(C34CC5CC(CC(C5)C3)C4)oc2c1.Cc1ccc(S(=O)(=O)O)cc1.NC/C(=C\F)COc1ccc2nc(C34CC5CC(CC(C5)C3)C4)oc2c1.Oc1ccc2nc(C34CC5CC(CC(C5)C3)C4)oc2c1. The quantitative estimate of drug-likeness (QED) is 0.0212. The van der Waals surface area contributed by atoms with Crippen molar-refractivity contribution in [3.8, 4) is 46.0 Å². The van der Waals surface area contributed by atoms with E-state index in [0.717, 1.165) is 182 Å². The first-order valence-electron chi connectivity index (χ1n) is 51.9. The van der Waals surface area contributed by atoms with Crippen molar-refractivity contribution in [3.63, 3.8) is 0 Å². The number of carbonyl (C=O) groups excluding carboxylic acids is 2. The van der Waals surface area contributed by atoms with Gasteiger partial charge in [0.25, 0.3) is 10.1 Å². The molecule has 20 fully saturated rings. The van der Waals surface area contributed by atoms with Gasteiger partial charge in [0.2, 0.25) is 29.5 Å². The molecule has 11 aromatic rings. The third-order valence-electron chi connectivity index (χ3n) is 34.5. The van der Waals surface area contributed by atoms with Gasteiger partial charge in [-0.05, 0) is 394 Å². The van der Waals surface area contributed by atoms with Gasteiger partial charge in [-0.3, -0.25) is 9.35 Å². The van der Waals surface area contributed by atoms with Crippen molar-refractivity contribution < 1.29 is 92.7 Å². The largest absolute Gasteiger partial charge is 0.508 e. The molecule has 143 heavy (non-hydrogen) atoms. The average Bonchev–Trinajstić information content (AvgIpc) is 1.74. The number of aryl methyl sites for hydroxylation is 1. The predicted octanol–water partition coefficient (Wildman–Crippen LogP) is 24.6. The van der Waals surface area contributed by atoms with Gasteiger partial charge >= 0.3 is 6.09 Å². The molecule has 20 aliphatic carbocycles. The van der Waals surface area contributed by atoms with Crippen molar-refractivity contribution in [2.75, 3.05) is 58.7 Å². The third-order valence-corrected chi connectivity index (χ3v) is 35.3. The molecule has 0 spiro atoms. The second-order valence-electron chi connectivity index (χ2n) is 46.5. The number of carbonyl (C=O) groups is 2. The minimum atomic E-state index is -4.02. The van der Waals surface area contributed by atoms with Gasteiger partial charge in [-0.1, -0.05) is 17.7 Å². The lowest BCUT2D eigenvalue weighted by Crippen LogP contribution is -2.51. The summed E-state index contributed by atoms with van der Waals surface area (Å²) in [6, 6.07) is 38.1. The van der Waals surface area contributed by atoms with Crippen LogP contribution in [0, 0.1) is 101 Å². The molecule has 10 N–H and O–H groups in total. The molecule has 2 amide bonds. The van der Waals surface area contributed by atoms with Crippen molar-refractivity contribution in [2.24, 2.45) is 99.9 Å². The Morgan fingerprint density at radius 3 is 1.08 bits per heavy atom. The second-order valence-corrected chi connectivity index (χ2v) is 48.0. The summed E-state index contributed by atoms with van der Waals surface area (Å²) in [5, 5.41) is 34.2. The lowest BCUT2D eigenvalue weighted by Gasteiger charge is -2.55. The number of benzene rings is 7. The molecule has 20 bridgehead atoms. The number of hydrogen-bond donors (Lipinski definition) is 8. The number of anilines is 2. The number of alkyl carbamates (subject to hydrolysis) is 1. The van der Waals surface area contributed by atoms with E-state index in [2.05, 4.69) is 10.6 Å². The summed E-state index contributed by atoms with van der Waals surface area (Å²) in [4.78, 5) is 44.0. The van der Waals surface area contributed by atoms with E-state index in [4.69, 9.17) is 87.2 Å². The summed E-state index contributed by atoms with van der Waals surface area (Å²) >= 11 is 0. The number of nitrogens with two attached hydrogens (primary N) is 2. The van der Waals surface area contributed by atoms with Gasteiger partial charge in [-0.25, -0.2) is 33.5 Å². The van der Waals surface area contributed by atoms with Crippen molar-refractivity contribution >= 4 is 77.9 Å². The van der Waals surface area contributed by atoms with Crippen molar-refractivity contribution in [1.82, 2.24) is 25.3 Å². The highest BCUT2D eigenvalue weighted by Gasteiger charge is 2.60. The van der Waals surface area contributed by atoms with E-state index in [-0.39, 0.29) is 81.4 Å². The van der Waals surface area contributed by atoms with Gasteiger partial charge in [0, 0.05) is 82.3 Å². The summed E-state index contributed by atoms with van der Waals surface area (Å²) in [6.45, 7) is 7.47. The number of nitrogens with zero attached hydrogens (tertiary/aromatic N) is 4. The minimum Gasteiger partial charge on any atom is -0.508 e. The van der Waals surface area contributed by atoms with Crippen LogP contribution in [0.15, 0.2) is 180 Å². The summed E-state index contributed by atoms with van der Waals surface area (Å²) in [6.07, 6.45) is 39.4. The Balaban J connectivity index is 0.000000105. The summed E-state index contributed by atoms with van der Waals surface area (Å²) < 4.78 is 112. The molecule has 0 aliphatic heterocycles. The van der Waals surface area contributed by atoms with Crippen molar-refractivity contribution in [1.29, 1.82) is 0 Å². The zero-order valence-electron chi connectivity index (χ0n) is 83.2. The first-order chi connectivity index (χ1) is 68.6. The number of phenolic OH excluding ortho intramolecular Hbond substituents is 3. The van der Waals surface area contributed by atoms with Gasteiger partial charge in [0.05, 0.1) is 55.7 Å². The summed E-state index contributed by atoms with van der Waals surface area (Å²) in [7, 11) is 0.763. The van der Waals surface area contributed by atoms with Crippen LogP contribution in [-0.2, 0) is 41.3 Å². The van der Waals surface area contributed by atoms with Crippen molar-refractivity contribution in [2.45, 2.75) is 252 Å². The predicted molar refractivity (Wildman–Crippen MR) is 540 cm³/mol. The molecule has 31 rings (SSSR count). The number of rotatable bonds is 19. The smallest absolute Gasteiger partial charge is 0.407 e. The molecule has 20 aliphatic rings. The van der Waals surface area contributed by atoms with E-state index in [1.54, 1.807) is 83.5 Å². The number of hydrogen-bond acceptors (Lipinski definition) is 23. The highest BCUT2D eigenvalue weighted by Crippen LogP contribution is 2.66. The molecule has 0 saturated heterocycles. The number of halogens is 2. The van der Waals surface area contributed by atoms with E-state index in [9.17, 15) is 37.0 Å². The van der Waals surface area contributed by atoms with Crippen LogP contribution in [0.2, 0.25) is 0 Å². The number of nitrogens with one attached hydrogen (secondary N) is 2. The number of phenols is 3. The van der Waals surface area contributed by atoms with E-state index < -0.39 is 21.8 Å². The molecular formula is C114H138F2N8O18S. The number of aromatic hydroxyl groups is 3. The van der Waals surface area contributed by atoms with Gasteiger partial charge in [-0.2, -0.15) is 8.42 Å². The van der Waals surface area contributed by atoms with Crippen LogP contribution in [0.4, 0.5) is 25.0 Å². The first-order valence-corrected chi connectivity index (χ1v) is 53.3. The molecule has 0 radical (unpaired) electrons. The fourth-order valence-electron chi connectivity index (χ4n) is 30.2. The van der Waals surface area contributed by atoms with Crippen LogP contribution in [-0.4, -0.2) is 113 Å². The summed E-state index contributed by atoms with van der Waals surface area (Å²) in [5.41, 5.74) is 19.9. The maximum absolute atomic E-state index is 13.3. The molecule has 4 aromatic heterocycles. The lowest BCUT2D eigenvalue weighted by atomic mass is 9.49. The van der Waals surface area contributed by atoms with E-state index >= 15 is 0 Å². The van der Waals surface area contributed by atoms with E-state index in [0.29, 0.717) is 63.8 Å². The Hall–Kier alpha value is -11.4. The zero-order valence-corrected chi connectivity index (χ0v) is 84.0. The molecular weight excluding hydrogens is 1840 g/mol. The summed E-state index contributed by atoms with van der Waals surface area (Å²) in [5.74, 6) is 20.2. The molecule has 29 heteroatoms. The molecule has 4 heterocycles. The lowest BCUT2D eigenvalue weighted by molar-refractivity contribution is -0.140. The van der Waals surface area contributed by atoms with Crippen LogP contribution in [0.3, 0.4) is 0 Å². The standard InChI is InChI=1S/C26H33FN2O4.C21H25FN2O2.C18H23NO3.C18H21NO2.C17H19NO2.C7H9NO2.C7H8O3S/c1-25(2,3)33-24(30)28-14-19(13-27)15-31-20-4-5-21-22(9-20)32-23(29-21)26-10-16-6-17(11-26)8-18(7-16)12-26;22-10-16(11-23)12-25-17-1-2-18-19(6-17)26-20(24-18)21-7-13-3-14(8-21)5-15(4-13)9-21;1-22-14-2-3-15(16(20)7-14)19-17(21)18-8-11-4-12(9-18)6-13(5-11)10-18;1-20-14-2-3-15-16(7-14)21-17(19-15)18-8-11-4-12(9-18)6-13(5-11)10-18;19-13-1-2-14-15(6-13)20-16(18-14)17-7-10-3-11(8-17)5-12(4-10)9-17;1-10-5-2-3-6(8)7(9)4-5;1-6-2-4-7(5-3-6)11(8,9)10/h4-5,9,13,16-18H,6-8,10-12,14-15H2,1-3H3,(H,28,30);1-2,6,10,13-15H,3-5,7-9,11-12,23H2;2-3,7,11-13,20H,4-6,8-10H2,1H3,(H,19,21);2-3,7,11-13H,4-6,8-10H2,1H3;1-2,6,10-12,19H,3-5,7-9H2;2-4,9H,8H2,1H3;2-5H,1H3,(H,8,9,10)/b19-13+;16-10+;;;;;. The molecule has 20 saturated carbocycles. The highest BCUT2D eigenvalue weighted by atomic mass is 32.2. The number of ether oxygens (including phenoxy) is 6. The molecule has 762 valence electrons. The number of oxazole rings is 4. The highest BCUT2D eigenvalue weighted by molar-refractivity contribution is 7.85. The van der Waals surface area contributed by atoms with Crippen molar-refractivity contribution in [3.05, 3.63) is 186 Å². The molecule has 7 aromatic carbocycles. The Morgan fingerprint density at radius 1 is 0.434 bits per heavy atom. The number of amides is 2. The molecule has 0 unspecified atom stereocenters. The second kappa shape index (κ2) is 40.2. The number of aromatic nitrogens is 4. The topological polar surface area (TPSA) is 385 Å². The van der Waals surface area contributed by atoms with Gasteiger partial charge < -0.3 is 83.5 Å². The van der Waals surface area contributed by atoms with Crippen LogP contribution in [0.5, 0.6) is 46.0 Å². The monoisotopic (exact) mass is 1980 g/mol. The van der Waals surface area contributed by atoms with E-state index in [1.807, 2.05) is 67.6 Å². The third kappa shape index (κ3) is 21.7. The number of fused-ring (bicyclic) bond motifs is 4. The number of methoxy groups -OCH3 is 3. The van der Waals surface area contributed by atoms with E-state index in [1.165, 1.54) is 205 Å². The Morgan fingerprint density at radius 2 is 0.748 bits per heavy atom. The molecule has 26 nitrogen and oxygen atoms in total. The maximum Gasteiger partial charge on any atom is 0.407 e. The molecule has 0 atom stereocenters. The Kier molecular flexibility index (Phi) is 27.8. The minimum absolute atomic E-state index is 0.00608. The number of nitrogen functional groups attached to an aromatic ring is 1. The Bertz CT molecular complexity index is 6470. The fourth-order valence-corrected chi connectivity index (χ4v) is 30.7. The first kappa shape index (κ1) is 98.9. The maximum atomic E-state index is 13.3. The van der Waals surface area contributed by atoms with Gasteiger partial charge in [-0.15, -0.1) is 0 Å². The van der Waals surface area contributed by atoms with Crippen LogP contribution < -0.4 is 45.8 Å².